The Bertz CT molecular complexity index is 1450. The third-order valence-electron chi connectivity index (χ3n) is 8.59. The third kappa shape index (κ3) is 4.59. The molecule has 3 saturated heterocycles. The second-order valence-corrected chi connectivity index (χ2v) is 11.2. The molecule has 3 aliphatic heterocycles. The number of hydrogen-bond donors (Lipinski definition) is 0. The van der Waals surface area contributed by atoms with E-state index in [9.17, 15) is 14.4 Å². The van der Waals surface area contributed by atoms with Gasteiger partial charge in [-0.15, -0.1) is 0 Å². The van der Waals surface area contributed by atoms with E-state index in [2.05, 4.69) is 4.90 Å². The molecule has 0 N–H and O–H groups in total. The Kier molecular flexibility index (Phi) is 6.46. The number of aryl methyl sites for hydroxylation is 2. The zero-order valence-electron chi connectivity index (χ0n) is 22.1. The molecule has 0 saturated carbocycles. The lowest BCUT2D eigenvalue weighted by atomic mass is 9.76. The monoisotopic (exact) mass is 514 g/mol. The highest BCUT2D eigenvalue weighted by molar-refractivity contribution is 5.89. The standard InChI is InChI=1S/C31H34N2O5/c1-19-11-26(30-20(2)24(31(36)38-27(30)12-19)14-21-7-4-3-5-8-21)37-18-29(35)32-15-22-13-23(17-32)25-9-6-10-28(34)33(25)16-22/h3-5,7-8,11-12,22-23,25H,6,9-10,13-18H2,1-2H3/t22-,23+,25?/m1/s1. The van der Waals surface area contributed by atoms with Crippen molar-refractivity contribution in [2.75, 3.05) is 26.2 Å². The quantitative estimate of drug-likeness (QED) is 0.476. The number of hydrogen-bond acceptors (Lipinski definition) is 5. The van der Waals surface area contributed by atoms with Crippen molar-refractivity contribution in [3.8, 4) is 5.75 Å². The highest BCUT2D eigenvalue weighted by Gasteiger charge is 2.44. The van der Waals surface area contributed by atoms with E-state index >= 15 is 0 Å². The summed E-state index contributed by atoms with van der Waals surface area (Å²) in [5.74, 6) is 1.47. The topological polar surface area (TPSA) is 80.1 Å². The highest BCUT2D eigenvalue weighted by Crippen LogP contribution is 2.38. The summed E-state index contributed by atoms with van der Waals surface area (Å²) in [6.07, 6.45) is 4.19. The molecule has 1 unspecified atom stereocenters. The average molecular weight is 515 g/mol. The maximum Gasteiger partial charge on any atom is 0.340 e. The first kappa shape index (κ1) is 24.7. The van der Waals surface area contributed by atoms with Gasteiger partial charge in [-0.25, -0.2) is 4.79 Å². The number of likely N-dealkylation sites (tertiary alicyclic amines) is 1. The van der Waals surface area contributed by atoms with Gasteiger partial charge < -0.3 is 19.0 Å². The van der Waals surface area contributed by atoms with Gasteiger partial charge in [0.2, 0.25) is 5.91 Å². The molecular weight excluding hydrogens is 480 g/mol. The molecule has 6 rings (SSSR count). The van der Waals surface area contributed by atoms with E-state index in [4.69, 9.17) is 9.15 Å². The molecule has 2 aromatic carbocycles. The van der Waals surface area contributed by atoms with Crippen LogP contribution in [0.4, 0.5) is 0 Å². The summed E-state index contributed by atoms with van der Waals surface area (Å²) < 4.78 is 11.9. The molecule has 0 aliphatic carbocycles. The van der Waals surface area contributed by atoms with E-state index in [1.807, 2.05) is 61.2 Å². The predicted molar refractivity (Wildman–Crippen MR) is 144 cm³/mol. The fourth-order valence-electron chi connectivity index (χ4n) is 6.80. The van der Waals surface area contributed by atoms with Crippen molar-refractivity contribution in [1.29, 1.82) is 0 Å². The van der Waals surface area contributed by atoms with Crippen LogP contribution in [-0.4, -0.2) is 53.9 Å². The molecule has 3 fully saturated rings. The number of benzene rings is 2. The Morgan fingerprint density at radius 2 is 1.89 bits per heavy atom. The van der Waals surface area contributed by atoms with Crippen molar-refractivity contribution >= 4 is 22.8 Å². The summed E-state index contributed by atoms with van der Waals surface area (Å²) in [6, 6.07) is 13.8. The van der Waals surface area contributed by atoms with Crippen LogP contribution in [-0.2, 0) is 16.0 Å². The summed E-state index contributed by atoms with van der Waals surface area (Å²) in [6.45, 7) is 5.87. The van der Waals surface area contributed by atoms with Gasteiger partial charge in [-0.1, -0.05) is 30.3 Å². The first-order chi connectivity index (χ1) is 18.4. The van der Waals surface area contributed by atoms with Gasteiger partial charge in [-0.3, -0.25) is 9.59 Å². The van der Waals surface area contributed by atoms with Crippen LogP contribution in [0.3, 0.4) is 0 Å². The second-order valence-electron chi connectivity index (χ2n) is 11.2. The number of piperidine rings is 3. The van der Waals surface area contributed by atoms with E-state index < -0.39 is 0 Å². The minimum absolute atomic E-state index is 0.0375. The maximum absolute atomic E-state index is 13.3. The van der Waals surface area contributed by atoms with Crippen molar-refractivity contribution in [2.24, 2.45) is 11.8 Å². The molecule has 3 atom stereocenters. The lowest BCUT2D eigenvalue weighted by Crippen LogP contribution is -2.61. The van der Waals surface area contributed by atoms with Gasteiger partial charge in [0.1, 0.15) is 11.3 Å². The molecule has 3 aliphatic rings. The molecule has 4 heterocycles. The van der Waals surface area contributed by atoms with Gasteiger partial charge in [-0.2, -0.15) is 0 Å². The Hall–Kier alpha value is -3.61. The van der Waals surface area contributed by atoms with Crippen LogP contribution in [0.25, 0.3) is 11.0 Å². The third-order valence-corrected chi connectivity index (χ3v) is 8.59. The van der Waals surface area contributed by atoms with Gasteiger partial charge in [0.05, 0.1) is 5.39 Å². The zero-order chi connectivity index (χ0) is 26.4. The van der Waals surface area contributed by atoms with Crippen molar-refractivity contribution < 1.29 is 18.7 Å². The first-order valence-corrected chi connectivity index (χ1v) is 13.7. The van der Waals surface area contributed by atoms with Crippen LogP contribution < -0.4 is 10.4 Å². The number of nitrogens with zero attached hydrogens (tertiary/aromatic N) is 2. The van der Waals surface area contributed by atoms with E-state index in [0.29, 0.717) is 54.7 Å². The van der Waals surface area contributed by atoms with Gasteiger partial charge in [0.15, 0.2) is 6.61 Å². The molecule has 38 heavy (non-hydrogen) atoms. The SMILES string of the molecule is Cc1cc(OCC(=O)N2C[C@H]3C[C@@H](C2)C2CCCC(=O)N2C3)c2c(C)c(Cc3ccccc3)c(=O)oc2c1. The van der Waals surface area contributed by atoms with Crippen LogP contribution >= 0.6 is 0 Å². The molecule has 0 spiro atoms. The fourth-order valence-corrected chi connectivity index (χ4v) is 6.80. The van der Waals surface area contributed by atoms with Gasteiger partial charge in [0, 0.05) is 44.1 Å². The zero-order valence-corrected chi connectivity index (χ0v) is 22.1. The van der Waals surface area contributed by atoms with E-state index in [1.54, 1.807) is 0 Å². The largest absolute Gasteiger partial charge is 0.483 e. The summed E-state index contributed by atoms with van der Waals surface area (Å²) in [4.78, 5) is 42.7. The minimum atomic E-state index is -0.346. The smallest absolute Gasteiger partial charge is 0.340 e. The predicted octanol–water partition coefficient (Wildman–Crippen LogP) is 4.24. The fraction of sp³-hybridized carbons (Fsp3) is 0.452. The van der Waals surface area contributed by atoms with Crippen molar-refractivity contribution in [2.45, 2.75) is 52.0 Å². The number of carbonyl (C=O) groups excluding carboxylic acids is 2. The van der Waals surface area contributed by atoms with Crippen molar-refractivity contribution in [3.05, 3.63) is 75.1 Å². The maximum atomic E-state index is 13.3. The van der Waals surface area contributed by atoms with Crippen molar-refractivity contribution in [1.82, 2.24) is 9.80 Å². The van der Waals surface area contributed by atoms with Crippen LogP contribution in [0.5, 0.6) is 5.75 Å². The molecule has 198 valence electrons. The Labute approximate surface area is 222 Å². The first-order valence-electron chi connectivity index (χ1n) is 13.7. The molecule has 0 radical (unpaired) electrons. The summed E-state index contributed by atoms with van der Waals surface area (Å²) in [5, 5.41) is 0.737. The van der Waals surface area contributed by atoms with Crippen LogP contribution in [0.15, 0.2) is 51.7 Å². The van der Waals surface area contributed by atoms with Crippen molar-refractivity contribution in [3.63, 3.8) is 0 Å². The van der Waals surface area contributed by atoms with E-state index in [-0.39, 0.29) is 30.1 Å². The number of carbonyl (C=O) groups is 2. The molecule has 7 heteroatoms. The van der Waals surface area contributed by atoms with Crippen LogP contribution in [0.2, 0.25) is 0 Å². The van der Waals surface area contributed by atoms with Gasteiger partial charge in [-0.05, 0) is 73.8 Å². The molecule has 3 aromatic rings. The lowest BCUT2D eigenvalue weighted by Gasteiger charge is -2.52. The van der Waals surface area contributed by atoms with E-state index in [1.165, 1.54) is 0 Å². The van der Waals surface area contributed by atoms with Gasteiger partial charge in [0.25, 0.3) is 5.91 Å². The van der Waals surface area contributed by atoms with Crippen LogP contribution in [0, 0.1) is 25.7 Å². The molecule has 2 amide bonds. The second kappa shape index (κ2) is 9.93. The normalized spacial score (nSPS) is 22.9. The summed E-state index contributed by atoms with van der Waals surface area (Å²) in [5.41, 5.74) is 3.47. The molecule has 7 nitrogen and oxygen atoms in total. The van der Waals surface area contributed by atoms with Gasteiger partial charge >= 0.3 is 5.63 Å². The summed E-state index contributed by atoms with van der Waals surface area (Å²) >= 11 is 0. The number of rotatable bonds is 5. The Morgan fingerprint density at radius 3 is 2.71 bits per heavy atom. The molecule has 2 bridgehead atoms. The van der Waals surface area contributed by atoms with E-state index in [0.717, 1.165) is 47.9 Å². The molecule has 1 aromatic heterocycles. The highest BCUT2D eigenvalue weighted by atomic mass is 16.5. The minimum Gasteiger partial charge on any atom is -0.483 e. The summed E-state index contributed by atoms with van der Waals surface area (Å²) in [7, 11) is 0. The lowest BCUT2D eigenvalue weighted by molar-refractivity contribution is -0.149. The Balaban J connectivity index is 1.22. The van der Waals surface area contributed by atoms with Crippen LogP contribution in [0.1, 0.15) is 47.9 Å². The number of ether oxygens (including phenoxy) is 1. The Morgan fingerprint density at radius 1 is 1.08 bits per heavy atom. The number of fused-ring (bicyclic) bond motifs is 5. The molecular formula is C31H34N2O5. The number of amides is 2. The average Bonchev–Trinajstić information content (AvgIpc) is 2.90.